The van der Waals surface area contributed by atoms with Gasteiger partial charge in [0, 0.05) is 32.8 Å². The second kappa shape index (κ2) is 14.2. The zero-order valence-corrected chi connectivity index (χ0v) is 28.6. The van der Waals surface area contributed by atoms with Crippen LogP contribution in [0.15, 0.2) is 67.5 Å². The van der Waals surface area contributed by atoms with E-state index in [-0.39, 0.29) is 37.1 Å². The number of nitrogens with one attached hydrogen (secondary N) is 1. The first-order valence-electron chi connectivity index (χ1n) is 16.7. The van der Waals surface area contributed by atoms with Gasteiger partial charge in [-0.3, -0.25) is 19.0 Å². The minimum absolute atomic E-state index is 0.0171. The predicted molar refractivity (Wildman–Crippen MR) is 186 cm³/mol. The summed E-state index contributed by atoms with van der Waals surface area (Å²) in [6.45, 7) is 7.14. The molecule has 5 aromatic rings. The van der Waals surface area contributed by atoms with Gasteiger partial charge in [-0.15, -0.1) is 0 Å². The van der Waals surface area contributed by atoms with Crippen molar-refractivity contribution in [1.29, 1.82) is 0 Å². The van der Waals surface area contributed by atoms with E-state index in [1.807, 2.05) is 42.5 Å². The Morgan fingerprint density at radius 3 is 2.40 bits per heavy atom. The molecule has 0 bridgehead atoms. The predicted octanol–water partition coefficient (Wildman–Crippen LogP) is 3.97. The number of ether oxygens (including phenoxy) is 5. The average molecular weight is 712 g/mol. The summed E-state index contributed by atoms with van der Waals surface area (Å²) < 4.78 is 31.1. The van der Waals surface area contributed by atoms with Crippen molar-refractivity contribution >= 4 is 56.6 Å². The van der Waals surface area contributed by atoms with Crippen LogP contribution in [0.1, 0.15) is 56.7 Å². The van der Waals surface area contributed by atoms with Gasteiger partial charge in [-0.05, 0) is 27.1 Å². The molecule has 7 rings (SSSR count). The standard InChI is InChI=1S/C37H37N5O10/c1-5-14-48-36-31-35(42(17-38-31)27-15-25(47)26(16-43)52-27)40-37(41-36)39-30-29-24(13-12-22-11-10-21-8-6-7-9-23(21)28(22)29)32(49-18(2)44)34(51-20(4)46)33(30)50-19(3)45/h5-13,17,25-27,30,32-34,43,47H,1,14-16H2,2-4H3,(H,39,40,41)/t25-,26+,27+,30+,32+,33-,34-/m0/s1. The molecule has 52 heavy (non-hydrogen) atoms. The van der Waals surface area contributed by atoms with Crippen molar-refractivity contribution in [3.63, 3.8) is 0 Å². The molecule has 3 N–H and O–H groups in total. The maximum Gasteiger partial charge on any atom is 0.303 e. The molecule has 0 saturated carbocycles. The highest BCUT2D eigenvalue weighted by Gasteiger charge is 2.50. The van der Waals surface area contributed by atoms with Crippen LogP contribution >= 0.6 is 0 Å². The minimum Gasteiger partial charge on any atom is -0.472 e. The highest BCUT2D eigenvalue weighted by Crippen LogP contribution is 2.48. The molecule has 15 heteroatoms. The second-order valence-corrected chi connectivity index (χ2v) is 12.6. The van der Waals surface area contributed by atoms with E-state index in [2.05, 4.69) is 21.9 Å². The number of nitrogens with zero attached hydrogens (tertiary/aromatic N) is 4. The molecule has 270 valence electrons. The molecule has 1 aliphatic heterocycles. The number of hydrogen-bond acceptors (Lipinski definition) is 14. The fourth-order valence-corrected chi connectivity index (χ4v) is 7.13. The third kappa shape index (κ3) is 6.38. The Hall–Kier alpha value is -5.64. The van der Waals surface area contributed by atoms with Crippen molar-refractivity contribution < 1.29 is 48.3 Å². The summed E-state index contributed by atoms with van der Waals surface area (Å²) in [5.41, 5.74) is 1.70. The topological polar surface area (TPSA) is 193 Å². The molecule has 0 spiro atoms. The minimum atomic E-state index is -1.28. The van der Waals surface area contributed by atoms with Gasteiger partial charge >= 0.3 is 17.9 Å². The van der Waals surface area contributed by atoms with Crippen molar-refractivity contribution in [2.45, 2.75) is 70.0 Å². The van der Waals surface area contributed by atoms with E-state index in [1.54, 1.807) is 16.7 Å². The molecule has 7 atom stereocenters. The molecule has 1 fully saturated rings. The lowest BCUT2D eigenvalue weighted by Gasteiger charge is -2.42. The normalized spacial score (nSPS) is 24.0. The Morgan fingerprint density at radius 2 is 1.69 bits per heavy atom. The first kappa shape index (κ1) is 34.8. The van der Waals surface area contributed by atoms with Crippen LogP contribution in [0, 0.1) is 0 Å². The number of benzene rings is 3. The van der Waals surface area contributed by atoms with Crippen LogP contribution in [0.25, 0.3) is 32.7 Å². The first-order valence-corrected chi connectivity index (χ1v) is 16.7. The van der Waals surface area contributed by atoms with Gasteiger partial charge in [0.25, 0.3) is 0 Å². The first-order chi connectivity index (χ1) is 25.1. The van der Waals surface area contributed by atoms with Crippen LogP contribution in [-0.4, -0.2) is 85.3 Å². The van der Waals surface area contributed by atoms with E-state index >= 15 is 0 Å². The van der Waals surface area contributed by atoms with Crippen LogP contribution in [0.3, 0.4) is 0 Å². The number of fused-ring (bicyclic) bond motifs is 6. The molecule has 0 amide bonds. The monoisotopic (exact) mass is 711 g/mol. The zero-order valence-electron chi connectivity index (χ0n) is 28.6. The fourth-order valence-electron chi connectivity index (χ4n) is 7.13. The Morgan fingerprint density at radius 1 is 0.981 bits per heavy atom. The Kier molecular flexibility index (Phi) is 9.48. The summed E-state index contributed by atoms with van der Waals surface area (Å²) in [5, 5.41) is 27.0. The van der Waals surface area contributed by atoms with Gasteiger partial charge in [-0.2, -0.15) is 9.97 Å². The van der Waals surface area contributed by atoms with E-state index in [0.29, 0.717) is 16.6 Å². The molecular formula is C37H37N5O10. The number of rotatable bonds is 10. The maximum atomic E-state index is 12.8. The molecular weight excluding hydrogens is 674 g/mol. The molecule has 15 nitrogen and oxygen atoms in total. The fraction of sp³-hybridized carbons (Fsp3) is 0.351. The SMILES string of the molecule is C=CCOc1nc(N[C@@H]2c3c(ccc4ccc5ccccc5c34)[C@@H](OC(C)=O)[C@H](OC(C)=O)[C@H]2OC(C)=O)nc2c1ncn2[C@H]1C[C@H](O)[C@@H](CO)O1. The number of esters is 3. The van der Waals surface area contributed by atoms with Crippen LogP contribution in [0.5, 0.6) is 5.88 Å². The van der Waals surface area contributed by atoms with Crippen molar-refractivity contribution in [3.05, 3.63) is 78.6 Å². The lowest BCUT2D eigenvalue weighted by atomic mass is 9.77. The number of aliphatic hydroxyl groups excluding tert-OH is 2. The van der Waals surface area contributed by atoms with Crippen LogP contribution in [-0.2, 0) is 33.3 Å². The number of aromatic nitrogens is 4. The molecule has 0 unspecified atom stereocenters. The Balaban J connectivity index is 1.47. The highest BCUT2D eigenvalue weighted by molar-refractivity contribution is 6.10. The molecule has 3 aromatic carbocycles. The summed E-state index contributed by atoms with van der Waals surface area (Å²) >= 11 is 0. The Labute approximate surface area is 297 Å². The molecule has 2 aromatic heterocycles. The van der Waals surface area contributed by atoms with Crippen molar-refractivity contribution in [2.75, 3.05) is 18.5 Å². The van der Waals surface area contributed by atoms with Crippen LogP contribution in [0.4, 0.5) is 5.95 Å². The number of anilines is 1. The summed E-state index contributed by atoms with van der Waals surface area (Å²) in [4.78, 5) is 52.0. The lowest BCUT2D eigenvalue weighted by Crippen LogP contribution is -2.50. The van der Waals surface area contributed by atoms with Crippen LogP contribution < -0.4 is 10.1 Å². The average Bonchev–Trinajstić information content (AvgIpc) is 3.71. The summed E-state index contributed by atoms with van der Waals surface area (Å²) in [6.07, 6.45) is -2.93. The van der Waals surface area contributed by atoms with Gasteiger partial charge in [0.1, 0.15) is 18.9 Å². The van der Waals surface area contributed by atoms with Crippen molar-refractivity contribution in [1.82, 2.24) is 19.5 Å². The van der Waals surface area contributed by atoms with E-state index in [4.69, 9.17) is 28.7 Å². The molecule has 0 radical (unpaired) electrons. The number of aliphatic hydroxyl groups is 2. The van der Waals surface area contributed by atoms with Gasteiger partial charge in [0.15, 0.2) is 29.5 Å². The van der Waals surface area contributed by atoms with Crippen LogP contribution in [0.2, 0.25) is 0 Å². The van der Waals surface area contributed by atoms with Crippen molar-refractivity contribution in [2.24, 2.45) is 0 Å². The third-order valence-corrected chi connectivity index (χ3v) is 9.16. The number of carbonyl (C=O) groups is 3. The van der Waals surface area contributed by atoms with E-state index in [1.165, 1.54) is 27.1 Å². The third-order valence-electron chi connectivity index (χ3n) is 9.16. The highest BCUT2D eigenvalue weighted by atomic mass is 16.6. The maximum absolute atomic E-state index is 12.8. The van der Waals surface area contributed by atoms with Gasteiger partial charge in [0.05, 0.1) is 25.1 Å². The van der Waals surface area contributed by atoms with E-state index in [9.17, 15) is 24.6 Å². The Bertz CT molecular complexity index is 2200. The zero-order chi connectivity index (χ0) is 36.7. The summed E-state index contributed by atoms with van der Waals surface area (Å²) in [6, 6.07) is 14.4. The molecule has 2 aliphatic rings. The van der Waals surface area contributed by atoms with Crippen molar-refractivity contribution in [3.8, 4) is 5.88 Å². The smallest absolute Gasteiger partial charge is 0.303 e. The summed E-state index contributed by atoms with van der Waals surface area (Å²) in [5.74, 6) is -1.88. The largest absolute Gasteiger partial charge is 0.472 e. The molecule has 1 saturated heterocycles. The quantitative estimate of drug-likeness (QED) is 0.0815. The number of hydrogen-bond donors (Lipinski definition) is 3. The lowest BCUT2D eigenvalue weighted by molar-refractivity contribution is -0.187. The van der Waals surface area contributed by atoms with Gasteiger partial charge < -0.3 is 39.2 Å². The van der Waals surface area contributed by atoms with E-state index in [0.717, 1.165) is 21.5 Å². The molecule has 1 aliphatic carbocycles. The molecule has 3 heterocycles. The van der Waals surface area contributed by atoms with Gasteiger partial charge in [-0.1, -0.05) is 61.2 Å². The van der Waals surface area contributed by atoms with Gasteiger partial charge in [-0.25, -0.2) is 4.98 Å². The number of carbonyl (C=O) groups excluding carboxylic acids is 3. The van der Waals surface area contributed by atoms with Gasteiger partial charge in [0.2, 0.25) is 11.8 Å². The number of imidazole rings is 1. The second-order valence-electron chi connectivity index (χ2n) is 12.6. The summed E-state index contributed by atoms with van der Waals surface area (Å²) in [7, 11) is 0. The van der Waals surface area contributed by atoms with E-state index < -0.39 is 60.7 Å².